The third kappa shape index (κ3) is 5.52. The summed E-state index contributed by atoms with van der Waals surface area (Å²) >= 11 is 1.58. The average Bonchev–Trinajstić information content (AvgIpc) is 2.44. The van der Waals surface area contributed by atoms with E-state index in [4.69, 9.17) is 9.84 Å². The molecule has 0 saturated carbocycles. The number of carbonyl (C=O) groups excluding carboxylic acids is 1. The molecule has 0 radical (unpaired) electrons. The van der Waals surface area contributed by atoms with E-state index in [1.165, 1.54) is 12.1 Å². The molecule has 0 aromatic heterocycles. The summed E-state index contributed by atoms with van der Waals surface area (Å²) < 4.78 is 5.40. The van der Waals surface area contributed by atoms with E-state index in [0.717, 1.165) is 5.75 Å². The van der Waals surface area contributed by atoms with Gasteiger partial charge in [-0.15, -0.1) is 11.8 Å². The number of carboxylic acids is 1. The minimum Gasteiger partial charge on any atom is -0.492 e. The lowest BCUT2D eigenvalue weighted by atomic mass is 10.2. The molecule has 110 valence electrons. The maximum Gasteiger partial charge on any atom is 0.335 e. The second-order valence-corrected chi connectivity index (χ2v) is 5.69. The molecule has 1 aromatic carbocycles. The zero-order valence-electron chi connectivity index (χ0n) is 11.6. The van der Waals surface area contributed by atoms with Crippen LogP contribution in [-0.4, -0.2) is 41.1 Å². The Morgan fingerprint density at radius 3 is 2.85 bits per heavy atom. The highest BCUT2D eigenvalue weighted by Crippen LogP contribution is 2.13. The van der Waals surface area contributed by atoms with Gasteiger partial charge in [-0.3, -0.25) is 4.79 Å². The number of rotatable bonds is 8. The van der Waals surface area contributed by atoms with Crippen LogP contribution in [0.5, 0.6) is 5.75 Å². The third-order valence-corrected chi connectivity index (χ3v) is 3.58. The van der Waals surface area contributed by atoms with Crippen molar-refractivity contribution in [2.24, 2.45) is 0 Å². The van der Waals surface area contributed by atoms with Crippen LogP contribution in [0.1, 0.15) is 24.2 Å². The monoisotopic (exact) mass is 297 g/mol. The maximum absolute atomic E-state index is 11.6. The molecule has 0 fully saturated rings. The molecule has 1 rings (SSSR count). The first kappa shape index (κ1) is 16.4. The van der Waals surface area contributed by atoms with Crippen LogP contribution >= 0.6 is 11.8 Å². The summed E-state index contributed by atoms with van der Waals surface area (Å²) in [5.41, 5.74) is 0.180. The van der Waals surface area contributed by atoms with Crippen molar-refractivity contribution in [3.05, 3.63) is 29.8 Å². The topological polar surface area (TPSA) is 75.6 Å². The molecule has 0 aliphatic heterocycles. The zero-order valence-corrected chi connectivity index (χ0v) is 12.4. The minimum absolute atomic E-state index is 0.0141. The summed E-state index contributed by atoms with van der Waals surface area (Å²) in [7, 11) is 0. The first-order valence-electron chi connectivity index (χ1n) is 6.40. The molecule has 20 heavy (non-hydrogen) atoms. The lowest BCUT2D eigenvalue weighted by molar-refractivity contribution is -0.120. The predicted molar refractivity (Wildman–Crippen MR) is 79.5 cm³/mol. The Kier molecular flexibility index (Phi) is 6.93. The quantitative estimate of drug-likeness (QED) is 0.718. The fraction of sp³-hybridized carbons (Fsp3) is 0.429. The summed E-state index contributed by atoms with van der Waals surface area (Å²) in [5, 5.41) is 11.6. The van der Waals surface area contributed by atoms with Crippen molar-refractivity contribution in [3.63, 3.8) is 0 Å². The number of hydrogen-bond donors (Lipinski definition) is 2. The first-order chi connectivity index (χ1) is 9.54. The fourth-order valence-electron chi connectivity index (χ4n) is 1.53. The highest BCUT2D eigenvalue weighted by molar-refractivity contribution is 8.00. The van der Waals surface area contributed by atoms with Crippen molar-refractivity contribution in [2.75, 3.05) is 18.9 Å². The minimum atomic E-state index is -0.992. The van der Waals surface area contributed by atoms with Crippen molar-refractivity contribution in [2.45, 2.75) is 19.1 Å². The maximum atomic E-state index is 11.6. The van der Waals surface area contributed by atoms with E-state index >= 15 is 0 Å². The first-order valence-corrected chi connectivity index (χ1v) is 7.45. The Balaban J connectivity index is 2.32. The SMILES string of the molecule is CCS[C@@H](C)C(=O)NCCOc1cccc(C(=O)O)c1. The van der Waals surface area contributed by atoms with Crippen LogP contribution in [0.2, 0.25) is 0 Å². The second-order valence-electron chi connectivity index (χ2n) is 4.07. The number of hydrogen-bond acceptors (Lipinski definition) is 4. The van der Waals surface area contributed by atoms with Gasteiger partial charge in [0.1, 0.15) is 12.4 Å². The number of carboxylic acid groups (broad SMARTS) is 1. The number of aromatic carboxylic acids is 1. The number of ether oxygens (including phenoxy) is 1. The molecule has 6 heteroatoms. The van der Waals surface area contributed by atoms with Gasteiger partial charge in [0.15, 0.2) is 0 Å². The molecular weight excluding hydrogens is 278 g/mol. The van der Waals surface area contributed by atoms with E-state index in [9.17, 15) is 9.59 Å². The van der Waals surface area contributed by atoms with Crippen LogP contribution in [0.4, 0.5) is 0 Å². The van der Waals surface area contributed by atoms with Crippen LogP contribution in [-0.2, 0) is 4.79 Å². The highest BCUT2D eigenvalue weighted by Gasteiger charge is 2.11. The van der Waals surface area contributed by atoms with Gasteiger partial charge in [0.25, 0.3) is 0 Å². The van der Waals surface area contributed by atoms with Crippen LogP contribution in [0.25, 0.3) is 0 Å². The Labute approximate surface area is 122 Å². The molecule has 0 aliphatic rings. The summed E-state index contributed by atoms with van der Waals surface area (Å²) in [4.78, 5) is 22.4. The smallest absolute Gasteiger partial charge is 0.335 e. The van der Waals surface area contributed by atoms with Gasteiger partial charge in [-0.1, -0.05) is 13.0 Å². The van der Waals surface area contributed by atoms with Crippen LogP contribution in [0.3, 0.4) is 0 Å². The molecule has 5 nitrogen and oxygen atoms in total. The van der Waals surface area contributed by atoms with Crippen molar-refractivity contribution in [1.82, 2.24) is 5.32 Å². The third-order valence-electron chi connectivity index (χ3n) is 2.54. The molecule has 2 N–H and O–H groups in total. The van der Waals surface area contributed by atoms with E-state index < -0.39 is 5.97 Å². The molecule has 0 unspecified atom stereocenters. The van der Waals surface area contributed by atoms with Crippen LogP contribution in [0.15, 0.2) is 24.3 Å². The van der Waals surface area contributed by atoms with Gasteiger partial charge in [0.2, 0.25) is 5.91 Å². The van der Waals surface area contributed by atoms with Gasteiger partial charge in [0, 0.05) is 0 Å². The van der Waals surface area contributed by atoms with Crippen molar-refractivity contribution >= 4 is 23.6 Å². The van der Waals surface area contributed by atoms with Gasteiger partial charge in [0.05, 0.1) is 17.4 Å². The number of carbonyl (C=O) groups is 2. The summed E-state index contributed by atoms with van der Waals surface area (Å²) in [5.74, 6) is 0.372. The van der Waals surface area contributed by atoms with Gasteiger partial charge in [-0.05, 0) is 30.9 Å². The van der Waals surface area contributed by atoms with E-state index in [-0.39, 0.29) is 16.7 Å². The molecule has 0 bridgehead atoms. The van der Waals surface area contributed by atoms with Crippen LogP contribution in [0, 0.1) is 0 Å². The second kappa shape index (κ2) is 8.47. The van der Waals surface area contributed by atoms with Crippen LogP contribution < -0.4 is 10.1 Å². The molecule has 0 aliphatic carbocycles. The summed E-state index contributed by atoms with van der Waals surface area (Å²) in [6, 6.07) is 6.27. The highest BCUT2D eigenvalue weighted by atomic mass is 32.2. The standard InChI is InChI=1S/C14H19NO4S/c1-3-20-10(2)13(16)15-7-8-19-12-6-4-5-11(9-12)14(17)18/h4-6,9-10H,3,7-8H2,1-2H3,(H,15,16)(H,17,18)/t10-/m0/s1. The number of benzene rings is 1. The van der Waals surface area contributed by atoms with E-state index in [1.807, 2.05) is 13.8 Å². The zero-order chi connectivity index (χ0) is 15.0. The van der Waals surface area contributed by atoms with Gasteiger partial charge < -0.3 is 15.2 Å². The molecule has 1 aromatic rings. The van der Waals surface area contributed by atoms with Gasteiger partial charge in [-0.25, -0.2) is 4.79 Å². The van der Waals surface area contributed by atoms with E-state index in [2.05, 4.69) is 5.32 Å². The Hall–Kier alpha value is -1.69. The van der Waals surface area contributed by atoms with E-state index in [0.29, 0.717) is 18.9 Å². The Morgan fingerprint density at radius 2 is 2.20 bits per heavy atom. The lowest BCUT2D eigenvalue weighted by Gasteiger charge is -2.11. The normalized spacial score (nSPS) is 11.7. The molecular formula is C14H19NO4S. The Morgan fingerprint density at radius 1 is 1.45 bits per heavy atom. The Bertz CT molecular complexity index is 464. The molecule has 0 saturated heterocycles. The number of amides is 1. The molecule has 1 amide bonds. The van der Waals surface area contributed by atoms with Crippen molar-refractivity contribution in [1.29, 1.82) is 0 Å². The molecule has 1 atom stereocenters. The summed E-state index contributed by atoms with van der Waals surface area (Å²) in [6.45, 7) is 4.57. The van der Waals surface area contributed by atoms with Crippen molar-refractivity contribution < 1.29 is 19.4 Å². The molecule has 0 heterocycles. The number of nitrogens with one attached hydrogen (secondary N) is 1. The average molecular weight is 297 g/mol. The summed E-state index contributed by atoms with van der Waals surface area (Å²) in [6.07, 6.45) is 0. The molecule has 0 spiro atoms. The largest absolute Gasteiger partial charge is 0.492 e. The van der Waals surface area contributed by atoms with E-state index in [1.54, 1.807) is 23.9 Å². The lowest BCUT2D eigenvalue weighted by Crippen LogP contribution is -2.34. The van der Waals surface area contributed by atoms with Gasteiger partial charge >= 0.3 is 5.97 Å². The number of thioether (sulfide) groups is 1. The van der Waals surface area contributed by atoms with Gasteiger partial charge in [-0.2, -0.15) is 0 Å². The van der Waals surface area contributed by atoms with Crippen molar-refractivity contribution in [3.8, 4) is 5.75 Å². The predicted octanol–water partition coefficient (Wildman–Crippen LogP) is 2.02. The fourth-order valence-corrected chi connectivity index (χ4v) is 2.27.